The Balaban J connectivity index is 1.34. The summed E-state index contributed by atoms with van der Waals surface area (Å²) in [5.74, 6) is 0.259. The highest BCUT2D eigenvalue weighted by Crippen LogP contribution is 2.52. The first-order chi connectivity index (χ1) is 18.8. The molecular formula is C28H29FN4O3S3. The smallest absolute Gasteiger partial charge is 0.269 e. The summed E-state index contributed by atoms with van der Waals surface area (Å²) >= 11 is 2.46. The second-order valence-electron chi connectivity index (χ2n) is 10.9. The van der Waals surface area contributed by atoms with Crippen molar-refractivity contribution >= 4 is 44.0 Å². The Bertz CT molecular complexity index is 1520. The Morgan fingerprint density at radius 3 is 2.49 bits per heavy atom. The van der Waals surface area contributed by atoms with Crippen LogP contribution in [0.1, 0.15) is 56.6 Å². The fourth-order valence-electron chi connectivity index (χ4n) is 5.83. The van der Waals surface area contributed by atoms with Crippen LogP contribution in [0, 0.1) is 27.9 Å². The summed E-state index contributed by atoms with van der Waals surface area (Å²) in [6, 6.07) is 10.4. The van der Waals surface area contributed by atoms with Crippen molar-refractivity contribution in [3.63, 3.8) is 0 Å². The molecule has 7 nitrogen and oxygen atoms in total. The van der Waals surface area contributed by atoms with Crippen LogP contribution in [-0.4, -0.2) is 48.8 Å². The Morgan fingerprint density at radius 2 is 1.85 bits per heavy atom. The number of nitrogens with zero attached hydrogens (tertiary/aromatic N) is 4. The highest BCUT2D eigenvalue weighted by atomic mass is 32.2. The number of thiazole rings is 2. The van der Waals surface area contributed by atoms with E-state index < -0.39 is 20.5 Å². The first kappa shape index (κ1) is 26.5. The van der Waals surface area contributed by atoms with Gasteiger partial charge in [0.25, 0.3) is 5.26 Å². The third-order valence-corrected chi connectivity index (χ3v) is 12.0. The molecule has 1 saturated heterocycles. The number of Topliss-reactive ketones (excluding diaryl/α,β-unsaturated/α-hetero) is 1. The van der Waals surface area contributed by atoms with Gasteiger partial charge in [-0.25, -0.2) is 18.4 Å². The van der Waals surface area contributed by atoms with Gasteiger partial charge in [0.15, 0.2) is 9.84 Å². The molecule has 0 unspecified atom stereocenters. The van der Waals surface area contributed by atoms with Crippen molar-refractivity contribution in [1.82, 2.24) is 9.97 Å². The van der Waals surface area contributed by atoms with Crippen molar-refractivity contribution in [2.24, 2.45) is 11.3 Å². The number of ketones is 1. The van der Waals surface area contributed by atoms with Gasteiger partial charge < -0.3 is 4.90 Å². The monoisotopic (exact) mass is 584 g/mol. The van der Waals surface area contributed by atoms with Gasteiger partial charge in [-0.1, -0.05) is 36.3 Å². The predicted molar refractivity (Wildman–Crippen MR) is 151 cm³/mol. The van der Waals surface area contributed by atoms with Gasteiger partial charge >= 0.3 is 0 Å². The van der Waals surface area contributed by atoms with Crippen molar-refractivity contribution in [3.8, 4) is 26.4 Å². The van der Waals surface area contributed by atoms with Crippen molar-refractivity contribution in [3.05, 3.63) is 41.4 Å². The molecule has 0 bridgehead atoms. The molecule has 0 amide bonds. The van der Waals surface area contributed by atoms with Crippen molar-refractivity contribution < 1.29 is 17.6 Å². The van der Waals surface area contributed by atoms with E-state index in [0.29, 0.717) is 29.4 Å². The SMILES string of the molecule is N#CC1(CC(=O)[C@@H]2CCCC[C@H]2c2nc(-c3cnc(F)s3)sc2-c2ccc(N3CCS(=O)(=O)CC3)cc2)CC1. The van der Waals surface area contributed by atoms with Crippen molar-refractivity contribution in [2.75, 3.05) is 29.5 Å². The minimum atomic E-state index is -2.96. The lowest BCUT2D eigenvalue weighted by atomic mass is 9.73. The lowest BCUT2D eigenvalue weighted by Gasteiger charge is -2.31. The van der Waals surface area contributed by atoms with Crippen LogP contribution in [0.2, 0.25) is 0 Å². The molecule has 204 valence electrons. The van der Waals surface area contributed by atoms with Gasteiger partial charge in [0.2, 0.25) is 0 Å². The van der Waals surface area contributed by atoms with Crippen LogP contribution >= 0.6 is 22.7 Å². The van der Waals surface area contributed by atoms with E-state index in [9.17, 15) is 22.9 Å². The molecule has 11 heteroatoms. The van der Waals surface area contributed by atoms with Crippen LogP contribution in [-0.2, 0) is 14.6 Å². The van der Waals surface area contributed by atoms with Crippen molar-refractivity contribution in [2.45, 2.75) is 50.9 Å². The van der Waals surface area contributed by atoms with Gasteiger partial charge in [0.05, 0.1) is 44.6 Å². The molecule has 3 fully saturated rings. The zero-order chi connectivity index (χ0) is 27.2. The van der Waals surface area contributed by atoms with E-state index in [1.807, 2.05) is 24.3 Å². The molecule has 3 aromatic rings. The van der Waals surface area contributed by atoms with Gasteiger partial charge in [0.1, 0.15) is 10.8 Å². The van der Waals surface area contributed by atoms with Crippen LogP contribution in [0.25, 0.3) is 20.3 Å². The fraction of sp³-hybridized carbons (Fsp3) is 0.500. The van der Waals surface area contributed by atoms with Crippen LogP contribution in [0.15, 0.2) is 30.5 Å². The maximum absolute atomic E-state index is 13.8. The highest BCUT2D eigenvalue weighted by Gasteiger charge is 2.47. The van der Waals surface area contributed by atoms with Crippen LogP contribution in [0.5, 0.6) is 0 Å². The molecule has 0 spiro atoms. The van der Waals surface area contributed by atoms with Gasteiger partial charge in [-0.3, -0.25) is 4.79 Å². The van der Waals surface area contributed by atoms with Crippen LogP contribution < -0.4 is 4.90 Å². The number of halogens is 1. The van der Waals surface area contributed by atoms with Crippen LogP contribution in [0.3, 0.4) is 0 Å². The summed E-state index contributed by atoms with van der Waals surface area (Å²) in [7, 11) is -2.96. The molecule has 3 aliphatic rings. The molecule has 6 rings (SSSR count). The Labute approximate surface area is 235 Å². The number of nitriles is 1. The second kappa shape index (κ2) is 10.4. The number of sulfone groups is 1. The van der Waals surface area contributed by atoms with E-state index in [1.54, 1.807) is 0 Å². The molecule has 2 saturated carbocycles. The number of carbonyl (C=O) groups is 1. The van der Waals surface area contributed by atoms with E-state index in [-0.39, 0.29) is 29.1 Å². The number of anilines is 1. The summed E-state index contributed by atoms with van der Waals surface area (Å²) in [6.07, 6.45) is 7.06. The zero-order valence-corrected chi connectivity index (χ0v) is 23.9. The first-order valence-electron chi connectivity index (χ1n) is 13.4. The standard InChI is InChI=1S/C28H29FN4O3S3/c29-27-31-16-23(37-27)26-32-24(21-4-2-1-3-20(21)22(34)15-28(17-30)9-10-28)25(38-26)18-5-7-19(8-6-18)33-11-13-39(35,36)14-12-33/h5-8,16,20-21H,1-4,9-15H2/t20-,21-/m1/s1. The molecule has 39 heavy (non-hydrogen) atoms. The van der Waals surface area contributed by atoms with Gasteiger partial charge in [-0.15, -0.1) is 11.3 Å². The lowest BCUT2D eigenvalue weighted by molar-refractivity contribution is -0.125. The molecule has 0 radical (unpaired) electrons. The molecule has 1 aromatic carbocycles. The van der Waals surface area contributed by atoms with Gasteiger partial charge in [0, 0.05) is 37.0 Å². The Hall–Kier alpha value is -2.68. The molecular weight excluding hydrogens is 556 g/mol. The zero-order valence-electron chi connectivity index (χ0n) is 21.4. The quantitative estimate of drug-likeness (QED) is 0.343. The van der Waals surface area contributed by atoms with Gasteiger partial charge in [-0.05, 0) is 43.4 Å². The van der Waals surface area contributed by atoms with Crippen molar-refractivity contribution in [1.29, 1.82) is 5.26 Å². The molecule has 3 heterocycles. The number of aromatic nitrogens is 2. The highest BCUT2D eigenvalue weighted by molar-refractivity contribution is 7.91. The maximum Gasteiger partial charge on any atom is 0.269 e. The second-order valence-corrected chi connectivity index (χ2v) is 15.2. The fourth-order valence-corrected chi connectivity index (χ4v) is 8.85. The van der Waals surface area contributed by atoms with Gasteiger partial charge in [-0.2, -0.15) is 9.65 Å². The van der Waals surface area contributed by atoms with E-state index in [0.717, 1.165) is 71.7 Å². The average Bonchev–Trinajstić information content (AvgIpc) is 3.35. The largest absolute Gasteiger partial charge is 0.369 e. The Morgan fingerprint density at radius 1 is 1.13 bits per heavy atom. The molecule has 2 aliphatic carbocycles. The molecule has 0 N–H and O–H groups in total. The van der Waals surface area contributed by atoms with Crippen LogP contribution in [0.4, 0.5) is 10.1 Å². The summed E-state index contributed by atoms with van der Waals surface area (Å²) in [6.45, 7) is 0.954. The minimum absolute atomic E-state index is 0.0505. The maximum atomic E-state index is 13.8. The summed E-state index contributed by atoms with van der Waals surface area (Å²) in [4.78, 5) is 26.0. The molecule has 2 atom stereocenters. The summed E-state index contributed by atoms with van der Waals surface area (Å²) in [5, 5.41) is 9.76. The van der Waals surface area contributed by atoms with E-state index >= 15 is 0 Å². The molecule has 2 aromatic heterocycles. The average molecular weight is 585 g/mol. The first-order valence-corrected chi connectivity index (χ1v) is 16.8. The number of benzene rings is 1. The van der Waals surface area contributed by atoms with E-state index in [4.69, 9.17) is 4.98 Å². The third-order valence-electron chi connectivity index (χ3n) is 8.31. The normalized spacial score (nSPS) is 23.7. The number of hydrogen-bond acceptors (Lipinski definition) is 9. The lowest BCUT2D eigenvalue weighted by Crippen LogP contribution is -2.40. The third kappa shape index (κ3) is 5.52. The molecule has 1 aliphatic heterocycles. The predicted octanol–water partition coefficient (Wildman–Crippen LogP) is 5.84. The Kier molecular flexibility index (Phi) is 7.06. The van der Waals surface area contributed by atoms with E-state index in [1.165, 1.54) is 17.5 Å². The number of carbonyl (C=O) groups excluding carboxylic acids is 1. The minimum Gasteiger partial charge on any atom is -0.369 e. The topological polar surface area (TPSA) is 104 Å². The summed E-state index contributed by atoms with van der Waals surface area (Å²) < 4.78 is 37.5. The number of hydrogen-bond donors (Lipinski definition) is 0. The summed E-state index contributed by atoms with van der Waals surface area (Å²) in [5.41, 5.74) is 2.35. The van der Waals surface area contributed by atoms with E-state index in [2.05, 4.69) is 16.0 Å². The number of rotatable bonds is 7.